The fourth-order valence-electron chi connectivity index (χ4n) is 1.37. The molecule has 0 aliphatic carbocycles. The van der Waals surface area contributed by atoms with Crippen molar-refractivity contribution >= 4 is 21.4 Å². The van der Waals surface area contributed by atoms with Crippen LogP contribution in [0.4, 0.5) is 0 Å². The molecule has 0 bridgehead atoms. The van der Waals surface area contributed by atoms with E-state index in [1.54, 1.807) is 19.9 Å². The van der Waals surface area contributed by atoms with Crippen molar-refractivity contribution in [3.8, 4) is 0 Å². The van der Waals surface area contributed by atoms with Gasteiger partial charge in [-0.2, -0.15) is 4.31 Å². The Morgan fingerprint density at radius 2 is 2.06 bits per heavy atom. The van der Waals surface area contributed by atoms with Gasteiger partial charge in [0.2, 0.25) is 10.0 Å². The first-order valence-corrected chi connectivity index (χ1v) is 7.22. The molecule has 0 spiro atoms. The van der Waals surface area contributed by atoms with Crippen LogP contribution in [0.1, 0.15) is 16.7 Å². The molecule has 0 aliphatic rings. The molecule has 1 atom stereocenters. The Bertz CT molecular complexity index is 464. The molecule has 0 fully saturated rings. The molecule has 1 aromatic rings. The summed E-state index contributed by atoms with van der Waals surface area (Å²) in [4.78, 5) is 2.11. The monoisotopic (exact) mass is 263 g/mol. The van der Waals surface area contributed by atoms with Gasteiger partial charge in [-0.25, -0.2) is 8.42 Å². The van der Waals surface area contributed by atoms with Crippen LogP contribution in [-0.2, 0) is 10.0 Å². The highest BCUT2D eigenvalue weighted by atomic mass is 32.2. The van der Waals surface area contributed by atoms with Crippen molar-refractivity contribution in [1.82, 2.24) is 4.31 Å². The predicted molar refractivity (Wildman–Crippen MR) is 65.3 cm³/mol. The van der Waals surface area contributed by atoms with Crippen LogP contribution in [0.15, 0.2) is 11.0 Å². The Morgan fingerprint density at radius 3 is 2.44 bits per heavy atom. The lowest BCUT2D eigenvalue weighted by atomic mass is 10.4. The van der Waals surface area contributed by atoms with Gasteiger partial charge in [0, 0.05) is 22.8 Å². The molecule has 92 valence electrons. The normalized spacial score (nSPS) is 14.4. The number of thiophene rings is 1. The summed E-state index contributed by atoms with van der Waals surface area (Å²) in [6.07, 6.45) is 0. The lowest BCUT2D eigenvalue weighted by molar-refractivity contribution is 0.214. The van der Waals surface area contributed by atoms with Crippen LogP contribution < -0.4 is 0 Å². The van der Waals surface area contributed by atoms with Gasteiger partial charge in [0.15, 0.2) is 0 Å². The Hall–Kier alpha value is -0.430. The zero-order chi connectivity index (χ0) is 12.5. The maximum absolute atomic E-state index is 12.2. The quantitative estimate of drug-likeness (QED) is 0.892. The largest absolute Gasteiger partial charge is 0.395 e. The first-order chi connectivity index (χ1) is 7.30. The van der Waals surface area contributed by atoms with E-state index >= 15 is 0 Å². The maximum Gasteiger partial charge on any atom is 0.244 e. The highest BCUT2D eigenvalue weighted by molar-refractivity contribution is 7.89. The predicted octanol–water partition coefficient (Wildman–Crippen LogP) is 1.37. The van der Waals surface area contributed by atoms with Gasteiger partial charge in [-0.3, -0.25) is 0 Å². The first-order valence-electron chi connectivity index (χ1n) is 4.96. The molecule has 0 saturated carbocycles. The van der Waals surface area contributed by atoms with Crippen molar-refractivity contribution in [1.29, 1.82) is 0 Å². The first kappa shape index (κ1) is 13.6. The third-order valence-electron chi connectivity index (χ3n) is 2.54. The minimum Gasteiger partial charge on any atom is -0.395 e. The second-order valence-electron chi connectivity index (χ2n) is 3.83. The van der Waals surface area contributed by atoms with Crippen molar-refractivity contribution in [2.75, 3.05) is 13.7 Å². The van der Waals surface area contributed by atoms with Crippen molar-refractivity contribution in [2.45, 2.75) is 31.7 Å². The molecular weight excluding hydrogens is 246 g/mol. The van der Waals surface area contributed by atoms with Crippen molar-refractivity contribution in [3.05, 3.63) is 15.8 Å². The molecule has 1 aromatic heterocycles. The molecule has 16 heavy (non-hydrogen) atoms. The zero-order valence-electron chi connectivity index (χ0n) is 9.89. The topological polar surface area (TPSA) is 57.6 Å². The smallest absolute Gasteiger partial charge is 0.244 e. The molecule has 0 amide bonds. The van der Waals surface area contributed by atoms with Crippen LogP contribution in [0.2, 0.25) is 0 Å². The van der Waals surface area contributed by atoms with Crippen LogP contribution in [0, 0.1) is 13.8 Å². The van der Waals surface area contributed by atoms with Gasteiger partial charge in [0.25, 0.3) is 0 Å². The molecule has 6 heteroatoms. The number of nitrogens with zero attached hydrogens (tertiary/aromatic N) is 1. The standard InChI is InChI=1S/C10H17NO3S2/c1-7(6-12)11(4)16(13,14)10-5-8(2)15-9(10)3/h5,7,12H,6H2,1-4H3. The number of aliphatic hydroxyl groups excluding tert-OH is 1. The fraction of sp³-hybridized carbons (Fsp3) is 0.600. The van der Waals surface area contributed by atoms with E-state index in [0.717, 1.165) is 9.75 Å². The maximum atomic E-state index is 12.2. The van der Waals surface area contributed by atoms with Crippen molar-refractivity contribution < 1.29 is 13.5 Å². The Kier molecular flexibility index (Phi) is 4.12. The minimum atomic E-state index is -3.48. The Labute approximate surface area is 101 Å². The second kappa shape index (κ2) is 4.83. The fourth-order valence-corrected chi connectivity index (χ4v) is 4.25. The van der Waals surface area contributed by atoms with Gasteiger partial charge < -0.3 is 5.11 Å². The summed E-state index contributed by atoms with van der Waals surface area (Å²) >= 11 is 1.46. The Balaban J connectivity index is 3.17. The summed E-state index contributed by atoms with van der Waals surface area (Å²) in [5, 5.41) is 8.99. The molecule has 1 N–H and O–H groups in total. The molecule has 1 rings (SSSR count). The SMILES string of the molecule is Cc1cc(S(=O)(=O)N(C)C(C)CO)c(C)s1. The number of rotatable bonds is 4. The molecule has 4 nitrogen and oxygen atoms in total. The van der Waals surface area contributed by atoms with E-state index in [9.17, 15) is 8.42 Å². The number of aliphatic hydroxyl groups is 1. The van der Waals surface area contributed by atoms with Gasteiger partial charge in [0.05, 0.1) is 11.5 Å². The van der Waals surface area contributed by atoms with Crippen molar-refractivity contribution in [2.24, 2.45) is 0 Å². The van der Waals surface area contributed by atoms with Gasteiger partial charge in [0.1, 0.15) is 0 Å². The van der Waals surface area contributed by atoms with E-state index < -0.39 is 16.1 Å². The lowest BCUT2D eigenvalue weighted by Crippen LogP contribution is -2.37. The van der Waals surface area contributed by atoms with Crippen LogP contribution in [-0.4, -0.2) is 37.5 Å². The average Bonchev–Trinajstić information content (AvgIpc) is 2.56. The van der Waals surface area contributed by atoms with Gasteiger partial charge in [-0.05, 0) is 26.8 Å². The average molecular weight is 263 g/mol. The van der Waals surface area contributed by atoms with E-state index in [-0.39, 0.29) is 6.61 Å². The van der Waals surface area contributed by atoms with Gasteiger partial charge >= 0.3 is 0 Å². The van der Waals surface area contributed by atoms with Crippen LogP contribution in [0.3, 0.4) is 0 Å². The molecule has 0 saturated heterocycles. The number of hydrogen-bond acceptors (Lipinski definition) is 4. The summed E-state index contributed by atoms with van der Waals surface area (Å²) in [6.45, 7) is 5.16. The highest BCUT2D eigenvalue weighted by Gasteiger charge is 2.27. The number of sulfonamides is 1. The molecule has 0 aromatic carbocycles. The lowest BCUT2D eigenvalue weighted by Gasteiger charge is -2.22. The molecule has 0 aliphatic heterocycles. The Morgan fingerprint density at radius 1 is 1.50 bits per heavy atom. The molecule has 0 radical (unpaired) electrons. The van der Waals surface area contributed by atoms with Gasteiger partial charge in [-0.1, -0.05) is 0 Å². The number of hydrogen-bond donors (Lipinski definition) is 1. The summed E-state index contributed by atoms with van der Waals surface area (Å²) in [5.41, 5.74) is 0. The highest BCUT2D eigenvalue weighted by Crippen LogP contribution is 2.27. The van der Waals surface area contributed by atoms with E-state index in [1.165, 1.54) is 22.7 Å². The molecular formula is C10H17NO3S2. The second-order valence-corrected chi connectivity index (χ2v) is 7.26. The van der Waals surface area contributed by atoms with E-state index in [0.29, 0.717) is 4.90 Å². The van der Waals surface area contributed by atoms with E-state index in [4.69, 9.17) is 5.11 Å². The summed E-state index contributed by atoms with van der Waals surface area (Å²) in [6, 6.07) is 1.26. The summed E-state index contributed by atoms with van der Waals surface area (Å²) in [5.74, 6) is 0. The third kappa shape index (κ3) is 2.45. The summed E-state index contributed by atoms with van der Waals surface area (Å²) < 4.78 is 25.6. The number of aryl methyl sites for hydroxylation is 2. The molecule has 1 heterocycles. The summed E-state index contributed by atoms with van der Waals surface area (Å²) in [7, 11) is -1.99. The van der Waals surface area contributed by atoms with Gasteiger partial charge in [-0.15, -0.1) is 11.3 Å². The van der Waals surface area contributed by atoms with Crippen LogP contribution in [0.5, 0.6) is 0 Å². The van der Waals surface area contributed by atoms with Crippen LogP contribution >= 0.6 is 11.3 Å². The van der Waals surface area contributed by atoms with E-state index in [2.05, 4.69) is 0 Å². The zero-order valence-corrected chi connectivity index (χ0v) is 11.5. The molecule has 1 unspecified atom stereocenters. The van der Waals surface area contributed by atoms with Crippen molar-refractivity contribution in [3.63, 3.8) is 0 Å². The minimum absolute atomic E-state index is 0.183. The number of likely N-dealkylation sites (N-methyl/N-ethyl adjacent to an activating group) is 1. The van der Waals surface area contributed by atoms with Crippen LogP contribution in [0.25, 0.3) is 0 Å². The van der Waals surface area contributed by atoms with E-state index in [1.807, 2.05) is 6.92 Å². The third-order valence-corrected chi connectivity index (χ3v) is 5.73.